The third-order valence-corrected chi connectivity index (χ3v) is 4.77. The summed E-state index contributed by atoms with van der Waals surface area (Å²) in [7, 11) is -1.66. The van der Waals surface area contributed by atoms with Gasteiger partial charge in [0.15, 0.2) is 0 Å². The molecule has 2 aromatic rings. The first-order valence-electron chi connectivity index (χ1n) is 7.19. The van der Waals surface area contributed by atoms with Crippen LogP contribution in [0.2, 0.25) is 5.02 Å². The number of ether oxygens (including phenoxy) is 1. The number of nitrogens with one attached hydrogen (secondary N) is 2. The molecular formula is C16H19ClN2O3S. The SMILES string of the molecule is CNCCCNS(=O)(=O)c1ccc(Oc2cccc(Cl)c2)cc1. The molecular weight excluding hydrogens is 336 g/mol. The van der Waals surface area contributed by atoms with Crippen LogP contribution >= 0.6 is 11.6 Å². The highest BCUT2D eigenvalue weighted by Gasteiger charge is 2.13. The molecule has 2 rings (SSSR count). The molecule has 0 fully saturated rings. The minimum Gasteiger partial charge on any atom is -0.457 e. The molecule has 0 aliphatic carbocycles. The summed E-state index contributed by atoms with van der Waals surface area (Å²) in [6, 6.07) is 13.3. The van der Waals surface area contributed by atoms with Gasteiger partial charge in [-0.15, -0.1) is 0 Å². The Morgan fingerprint density at radius 3 is 2.43 bits per heavy atom. The van der Waals surface area contributed by atoms with Crippen molar-refractivity contribution in [3.63, 3.8) is 0 Å². The summed E-state index contributed by atoms with van der Waals surface area (Å²) in [5.41, 5.74) is 0. The Morgan fingerprint density at radius 1 is 1.04 bits per heavy atom. The molecule has 0 amide bonds. The Morgan fingerprint density at radius 2 is 1.78 bits per heavy atom. The standard InChI is InChI=1S/C16H19ClN2O3S/c1-18-10-3-11-19-23(20,21)16-8-6-14(7-9-16)22-15-5-2-4-13(17)12-15/h2,4-9,12,18-19H,3,10-11H2,1H3. The van der Waals surface area contributed by atoms with Crippen LogP contribution in [0.15, 0.2) is 53.4 Å². The lowest BCUT2D eigenvalue weighted by Crippen LogP contribution is -2.26. The van der Waals surface area contributed by atoms with Gasteiger partial charge in [0.1, 0.15) is 11.5 Å². The molecule has 0 aliphatic rings. The molecule has 0 radical (unpaired) electrons. The minimum atomic E-state index is -3.49. The van der Waals surface area contributed by atoms with Crippen LogP contribution in [0.4, 0.5) is 0 Å². The van der Waals surface area contributed by atoms with Crippen molar-refractivity contribution in [1.29, 1.82) is 0 Å². The molecule has 0 heterocycles. The fourth-order valence-corrected chi connectivity index (χ4v) is 3.16. The molecule has 124 valence electrons. The Balaban J connectivity index is 2.01. The van der Waals surface area contributed by atoms with Crippen molar-refractivity contribution in [2.24, 2.45) is 0 Å². The predicted octanol–water partition coefficient (Wildman–Crippen LogP) is 3.02. The van der Waals surface area contributed by atoms with Crippen molar-refractivity contribution in [2.75, 3.05) is 20.1 Å². The van der Waals surface area contributed by atoms with Gasteiger partial charge in [0.25, 0.3) is 0 Å². The van der Waals surface area contributed by atoms with Gasteiger partial charge >= 0.3 is 0 Å². The summed E-state index contributed by atoms with van der Waals surface area (Å²) in [5, 5.41) is 3.54. The third kappa shape index (κ3) is 5.51. The van der Waals surface area contributed by atoms with Crippen LogP contribution < -0.4 is 14.8 Å². The first-order valence-corrected chi connectivity index (χ1v) is 9.05. The van der Waals surface area contributed by atoms with Crippen molar-refractivity contribution < 1.29 is 13.2 Å². The molecule has 2 N–H and O–H groups in total. The molecule has 7 heteroatoms. The van der Waals surface area contributed by atoms with E-state index in [0.29, 0.717) is 23.1 Å². The first-order chi connectivity index (χ1) is 11.0. The van der Waals surface area contributed by atoms with E-state index in [1.807, 2.05) is 7.05 Å². The van der Waals surface area contributed by atoms with Gasteiger partial charge in [0, 0.05) is 11.6 Å². The highest BCUT2D eigenvalue weighted by atomic mass is 35.5. The zero-order valence-corrected chi connectivity index (χ0v) is 14.3. The molecule has 0 aromatic heterocycles. The zero-order valence-electron chi connectivity index (χ0n) is 12.8. The summed E-state index contributed by atoms with van der Waals surface area (Å²) in [6.07, 6.45) is 0.728. The number of rotatable bonds is 8. The maximum atomic E-state index is 12.1. The van der Waals surface area contributed by atoms with Crippen molar-refractivity contribution >= 4 is 21.6 Å². The van der Waals surface area contributed by atoms with Gasteiger partial charge in [-0.2, -0.15) is 0 Å². The van der Waals surface area contributed by atoms with Gasteiger partial charge in [-0.1, -0.05) is 17.7 Å². The Hall–Kier alpha value is -1.60. The third-order valence-electron chi connectivity index (χ3n) is 3.06. The summed E-state index contributed by atoms with van der Waals surface area (Å²) >= 11 is 5.90. The smallest absolute Gasteiger partial charge is 0.240 e. The van der Waals surface area contributed by atoms with Crippen LogP contribution in [0, 0.1) is 0 Å². The maximum Gasteiger partial charge on any atom is 0.240 e. The molecule has 5 nitrogen and oxygen atoms in total. The molecule has 0 unspecified atom stereocenters. The van der Waals surface area contributed by atoms with Crippen LogP contribution in [0.1, 0.15) is 6.42 Å². The van der Waals surface area contributed by atoms with Gasteiger partial charge < -0.3 is 10.1 Å². The highest BCUT2D eigenvalue weighted by Crippen LogP contribution is 2.25. The molecule has 23 heavy (non-hydrogen) atoms. The van der Waals surface area contributed by atoms with Crippen LogP contribution in [-0.4, -0.2) is 28.6 Å². The predicted molar refractivity (Wildman–Crippen MR) is 91.7 cm³/mol. The van der Waals surface area contributed by atoms with E-state index < -0.39 is 10.0 Å². The van der Waals surface area contributed by atoms with E-state index in [1.165, 1.54) is 12.1 Å². The summed E-state index contributed by atoms with van der Waals surface area (Å²) in [5.74, 6) is 1.14. The van der Waals surface area contributed by atoms with Crippen LogP contribution in [0.25, 0.3) is 0 Å². The highest BCUT2D eigenvalue weighted by molar-refractivity contribution is 7.89. The van der Waals surface area contributed by atoms with Crippen molar-refractivity contribution in [3.8, 4) is 11.5 Å². The second-order valence-corrected chi connectivity index (χ2v) is 7.09. The average molecular weight is 355 g/mol. The summed E-state index contributed by atoms with van der Waals surface area (Å²) in [6.45, 7) is 1.15. The zero-order chi connectivity index (χ0) is 16.7. The molecule has 0 spiro atoms. The van der Waals surface area contributed by atoms with Crippen LogP contribution in [0.3, 0.4) is 0 Å². The number of halogens is 1. The molecule has 0 saturated carbocycles. The van der Waals surface area contributed by atoms with Gasteiger partial charge in [0.2, 0.25) is 10.0 Å². The fourth-order valence-electron chi connectivity index (χ4n) is 1.91. The molecule has 2 aromatic carbocycles. The molecule has 0 bridgehead atoms. The average Bonchev–Trinajstić information content (AvgIpc) is 2.52. The lowest BCUT2D eigenvalue weighted by atomic mass is 10.3. The summed E-state index contributed by atoms with van der Waals surface area (Å²) < 4.78 is 32.4. The van der Waals surface area contributed by atoms with Crippen LogP contribution in [0.5, 0.6) is 11.5 Å². The monoisotopic (exact) mass is 354 g/mol. The first kappa shape index (κ1) is 17.7. The molecule has 0 atom stereocenters. The second kappa shape index (κ2) is 8.31. The van der Waals surface area contributed by atoms with E-state index in [-0.39, 0.29) is 4.90 Å². The van der Waals surface area contributed by atoms with Gasteiger partial charge in [-0.25, -0.2) is 13.1 Å². The molecule has 0 saturated heterocycles. The molecule has 0 aliphatic heterocycles. The second-order valence-electron chi connectivity index (χ2n) is 4.89. The largest absolute Gasteiger partial charge is 0.457 e. The summed E-state index contributed by atoms with van der Waals surface area (Å²) in [4.78, 5) is 0.209. The van der Waals surface area contributed by atoms with Gasteiger partial charge in [-0.05, 0) is 62.5 Å². The lowest BCUT2D eigenvalue weighted by molar-refractivity contribution is 0.482. The lowest BCUT2D eigenvalue weighted by Gasteiger charge is -2.09. The van der Waals surface area contributed by atoms with E-state index in [1.54, 1.807) is 36.4 Å². The van der Waals surface area contributed by atoms with E-state index in [9.17, 15) is 8.42 Å². The van der Waals surface area contributed by atoms with Gasteiger partial charge in [-0.3, -0.25) is 0 Å². The Bertz CT molecular complexity index is 733. The van der Waals surface area contributed by atoms with E-state index in [4.69, 9.17) is 16.3 Å². The number of hydrogen-bond donors (Lipinski definition) is 2. The normalized spacial score (nSPS) is 11.4. The van der Waals surface area contributed by atoms with E-state index in [0.717, 1.165) is 13.0 Å². The van der Waals surface area contributed by atoms with Crippen molar-refractivity contribution in [2.45, 2.75) is 11.3 Å². The van der Waals surface area contributed by atoms with Gasteiger partial charge in [0.05, 0.1) is 4.90 Å². The topological polar surface area (TPSA) is 67.4 Å². The van der Waals surface area contributed by atoms with Crippen molar-refractivity contribution in [3.05, 3.63) is 53.6 Å². The van der Waals surface area contributed by atoms with Crippen LogP contribution in [-0.2, 0) is 10.0 Å². The Labute approximate surface area is 141 Å². The maximum absolute atomic E-state index is 12.1. The number of sulfonamides is 1. The van der Waals surface area contributed by atoms with E-state index >= 15 is 0 Å². The van der Waals surface area contributed by atoms with E-state index in [2.05, 4.69) is 10.0 Å². The number of hydrogen-bond acceptors (Lipinski definition) is 4. The fraction of sp³-hybridized carbons (Fsp3) is 0.250. The Kier molecular flexibility index (Phi) is 6.41. The number of benzene rings is 2. The minimum absolute atomic E-state index is 0.209. The quantitative estimate of drug-likeness (QED) is 0.715. The van der Waals surface area contributed by atoms with Crippen molar-refractivity contribution in [1.82, 2.24) is 10.0 Å².